The lowest BCUT2D eigenvalue weighted by molar-refractivity contribution is 0.332. The summed E-state index contributed by atoms with van der Waals surface area (Å²) in [5.74, 6) is 0. The van der Waals surface area contributed by atoms with Crippen molar-refractivity contribution < 1.29 is 0 Å². The van der Waals surface area contributed by atoms with Crippen molar-refractivity contribution in [3.05, 3.63) is 129 Å². The van der Waals surface area contributed by atoms with Crippen LogP contribution in [0.4, 0.5) is 11.4 Å². The number of anilines is 2. The minimum absolute atomic E-state index is 0.0876. The predicted molar refractivity (Wildman–Crippen MR) is 206 cm³/mol. The van der Waals surface area contributed by atoms with Crippen LogP contribution in [-0.2, 0) is 16.2 Å². The predicted octanol–water partition coefficient (Wildman–Crippen LogP) is 10.7. The van der Waals surface area contributed by atoms with E-state index in [0.29, 0.717) is 0 Å². The first-order valence-corrected chi connectivity index (χ1v) is 17.7. The Kier molecular flexibility index (Phi) is 7.18. The van der Waals surface area contributed by atoms with Crippen LogP contribution in [0.2, 0.25) is 0 Å². The molecule has 0 amide bonds. The topological polar surface area (TPSA) is 3.24 Å². The second-order valence-corrected chi connectivity index (χ2v) is 17.3. The highest BCUT2D eigenvalue weighted by Crippen LogP contribution is 2.50. The Hall–Kier alpha value is -3.78. The van der Waals surface area contributed by atoms with Crippen LogP contribution >= 0.6 is 0 Å². The SMILES string of the molecule is C=C1CC2=C(B(c3ccc4c(c3)C(C)(C)CCC4(C)C)c3ccc(C)cc3N2c2c(C)cc(C(C)(C)C)cc2C)c2cc(C)ccc21. The fraction of sp³-hybridized carbons (Fsp3) is 0.378. The van der Waals surface area contributed by atoms with Crippen molar-refractivity contribution in [2.24, 2.45) is 0 Å². The van der Waals surface area contributed by atoms with Gasteiger partial charge in [-0.3, -0.25) is 0 Å². The van der Waals surface area contributed by atoms with Crippen LogP contribution in [0, 0.1) is 27.7 Å². The van der Waals surface area contributed by atoms with Crippen LogP contribution in [0.5, 0.6) is 0 Å². The molecule has 240 valence electrons. The lowest BCUT2D eigenvalue weighted by Gasteiger charge is -2.45. The number of hydrogen-bond acceptors (Lipinski definition) is 1. The Bertz CT molecular complexity index is 1990. The molecule has 0 bridgehead atoms. The van der Waals surface area contributed by atoms with Crippen LogP contribution in [0.1, 0.15) is 118 Å². The fourth-order valence-corrected chi connectivity index (χ4v) is 8.78. The van der Waals surface area contributed by atoms with E-state index in [4.69, 9.17) is 6.58 Å². The van der Waals surface area contributed by atoms with Gasteiger partial charge in [-0.05, 0) is 124 Å². The van der Waals surface area contributed by atoms with E-state index in [1.54, 1.807) is 0 Å². The lowest BCUT2D eigenvalue weighted by atomic mass is 9.32. The number of nitrogens with zero attached hydrogens (tertiary/aromatic N) is 1. The second kappa shape index (κ2) is 10.6. The molecule has 0 fully saturated rings. The van der Waals surface area contributed by atoms with Crippen LogP contribution in [0.3, 0.4) is 0 Å². The summed E-state index contributed by atoms with van der Waals surface area (Å²) in [4.78, 5) is 2.63. The lowest BCUT2D eigenvalue weighted by Crippen LogP contribution is -2.51. The third-order valence-electron chi connectivity index (χ3n) is 11.6. The molecule has 1 aliphatic heterocycles. The van der Waals surface area contributed by atoms with Crippen LogP contribution in [0.25, 0.3) is 11.0 Å². The Labute approximate surface area is 284 Å². The molecule has 0 atom stereocenters. The molecule has 3 aliphatic rings. The van der Waals surface area contributed by atoms with Gasteiger partial charge in [0.25, 0.3) is 0 Å². The molecule has 1 nitrogen and oxygen atoms in total. The van der Waals surface area contributed by atoms with E-state index in [9.17, 15) is 0 Å². The maximum Gasteiger partial charge on any atom is 0.247 e. The second-order valence-electron chi connectivity index (χ2n) is 17.3. The van der Waals surface area contributed by atoms with Crippen LogP contribution < -0.4 is 15.8 Å². The van der Waals surface area contributed by atoms with Gasteiger partial charge >= 0.3 is 0 Å². The zero-order chi connectivity index (χ0) is 33.8. The molecule has 0 unspecified atom stereocenters. The first kappa shape index (κ1) is 31.8. The number of fused-ring (bicyclic) bond motifs is 4. The Morgan fingerprint density at radius 1 is 0.702 bits per heavy atom. The molecule has 2 aliphatic carbocycles. The summed E-state index contributed by atoms with van der Waals surface area (Å²) in [5.41, 5.74) is 22.2. The smallest absolute Gasteiger partial charge is 0.247 e. The van der Waals surface area contributed by atoms with Gasteiger partial charge in [-0.2, -0.15) is 0 Å². The molecule has 0 saturated carbocycles. The molecule has 0 aromatic heterocycles. The minimum atomic E-state index is 0.0876. The first-order valence-electron chi connectivity index (χ1n) is 17.7. The summed E-state index contributed by atoms with van der Waals surface area (Å²) in [5, 5.41) is 0. The highest BCUT2D eigenvalue weighted by molar-refractivity contribution is 7.01. The fourth-order valence-electron chi connectivity index (χ4n) is 8.78. The molecule has 0 saturated heterocycles. The van der Waals surface area contributed by atoms with Crippen molar-refractivity contribution in [2.75, 3.05) is 4.90 Å². The average molecular weight is 618 g/mol. The third-order valence-corrected chi connectivity index (χ3v) is 11.6. The van der Waals surface area contributed by atoms with Crippen molar-refractivity contribution in [1.29, 1.82) is 0 Å². The van der Waals surface area contributed by atoms with Crippen molar-refractivity contribution >= 4 is 40.1 Å². The van der Waals surface area contributed by atoms with Crippen molar-refractivity contribution in [3.63, 3.8) is 0 Å². The van der Waals surface area contributed by atoms with E-state index in [1.807, 2.05) is 0 Å². The van der Waals surface area contributed by atoms with Crippen molar-refractivity contribution in [1.82, 2.24) is 0 Å². The van der Waals surface area contributed by atoms with Gasteiger partial charge in [0.2, 0.25) is 6.71 Å². The van der Waals surface area contributed by atoms with Gasteiger partial charge in [0, 0.05) is 17.8 Å². The molecule has 7 rings (SSSR count). The molecule has 4 aromatic rings. The Morgan fingerprint density at radius 3 is 1.98 bits per heavy atom. The highest BCUT2D eigenvalue weighted by Gasteiger charge is 2.43. The van der Waals surface area contributed by atoms with E-state index in [-0.39, 0.29) is 23.0 Å². The molecular formula is C45H52BN. The number of benzene rings is 4. The van der Waals surface area contributed by atoms with E-state index < -0.39 is 0 Å². The van der Waals surface area contributed by atoms with Gasteiger partial charge in [-0.15, -0.1) is 0 Å². The molecule has 1 heterocycles. The molecule has 47 heavy (non-hydrogen) atoms. The van der Waals surface area contributed by atoms with Gasteiger partial charge in [0.15, 0.2) is 0 Å². The monoisotopic (exact) mass is 617 g/mol. The largest absolute Gasteiger partial charge is 0.314 e. The quantitative estimate of drug-likeness (QED) is 0.202. The minimum Gasteiger partial charge on any atom is -0.314 e. The number of hydrogen-bond donors (Lipinski definition) is 0. The van der Waals surface area contributed by atoms with Gasteiger partial charge in [-0.1, -0.05) is 127 Å². The molecule has 0 radical (unpaired) electrons. The summed E-state index contributed by atoms with van der Waals surface area (Å²) in [6.45, 7) is 30.6. The standard InChI is InChI=1S/C45H52BN/c1-27-13-16-34-29(3)25-40-41(35(34)21-27)46(33-15-17-36-37(26-33)45(11,12)20-19-44(36,9)10)38-18-14-28(2)22-39(38)47(40)42-30(4)23-32(24-31(42)5)43(6,7)8/h13-18,21-24,26H,3,19-20,25H2,1-2,4-12H3. The van der Waals surface area contributed by atoms with Crippen LogP contribution in [0.15, 0.2) is 79.0 Å². The zero-order valence-corrected chi connectivity index (χ0v) is 30.7. The summed E-state index contributed by atoms with van der Waals surface area (Å²) in [7, 11) is 0. The van der Waals surface area contributed by atoms with E-state index in [1.165, 1.54) is 102 Å². The molecule has 4 aromatic carbocycles. The summed E-state index contributed by atoms with van der Waals surface area (Å²) < 4.78 is 0. The number of allylic oxidation sites excluding steroid dienone is 1. The van der Waals surface area contributed by atoms with Gasteiger partial charge in [-0.25, -0.2) is 0 Å². The number of aryl methyl sites for hydroxylation is 4. The number of rotatable bonds is 2. The zero-order valence-electron chi connectivity index (χ0n) is 30.7. The van der Waals surface area contributed by atoms with E-state index in [0.717, 1.165) is 6.42 Å². The van der Waals surface area contributed by atoms with Crippen LogP contribution in [-0.4, -0.2) is 6.71 Å². The summed E-state index contributed by atoms with van der Waals surface area (Å²) in [6, 6.07) is 26.6. The van der Waals surface area contributed by atoms with Gasteiger partial charge in [0.05, 0.1) is 5.69 Å². The molecule has 2 heteroatoms. The van der Waals surface area contributed by atoms with Gasteiger partial charge in [0.1, 0.15) is 0 Å². The normalized spacial score (nSPS) is 18.1. The maximum atomic E-state index is 4.70. The molecular weight excluding hydrogens is 565 g/mol. The van der Waals surface area contributed by atoms with Crippen molar-refractivity contribution in [2.45, 2.75) is 112 Å². The van der Waals surface area contributed by atoms with Gasteiger partial charge < -0.3 is 4.90 Å². The maximum absolute atomic E-state index is 4.70. The summed E-state index contributed by atoms with van der Waals surface area (Å²) >= 11 is 0. The Balaban J connectivity index is 1.57. The van der Waals surface area contributed by atoms with E-state index >= 15 is 0 Å². The molecule has 0 N–H and O–H groups in total. The first-order chi connectivity index (χ1) is 22.0. The Morgan fingerprint density at radius 2 is 1.32 bits per heavy atom. The highest BCUT2D eigenvalue weighted by atomic mass is 15.2. The third kappa shape index (κ3) is 5.06. The molecule has 0 spiro atoms. The van der Waals surface area contributed by atoms with E-state index in [2.05, 4.69) is 148 Å². The summed E-state index contributed by atoms with van der Waals surface area (Å²) in [6.07, 6.45) is 3.27. The average Bonchev–Trinajstić information content (AvgIpc) is 2.98. The van der Waals surface area contributed by atoms with Crippen molar-refractivity contribution in [3.8, 4) is 0 Å².